The van der Waals surface area contributed by atoms with E-state index in [1.54, 1.807) is 0 Å². The minimum atomic E-state index is 0.0289. The van der Waals surface area contributed by atoms with Gasteiger partial charge in [0.15, 0.2) is 0 Å². The molecule has 2 rings (SSSR count). The number of carbonyl (C=O) groups is 1. The Bertz CT molecular complexity index is 302. The standard InChI is InChI=1S/C15H30N4O/c1-3-13-4-5-16-14(12-13)15(20)17-6-7-19-10-8-18(2)9-11-19/h13-14,16H,3-12H2,1-2H3,(H,17,20). The van der Waals surface area contributed by atoms with Gasteiger partial charge in [-0.3, -0.25) is 9.69 Å². The molecule has 0 aromatic heterocycles. The number of carbonyl (C=O) groups excluding carboxylic acids is 1. The fourth-order valence-electron chi connectivity index (χ4n) is 3.10. The highest BCUT2D eigenvalue weighted by Gasteiger charge is 2.25. The van der Waals surface area contributed by atoms with Crippen molar-refractivity contribution in [3.8, 4) is 0 Å². The van der Waals surface area contributed by atoms with Gasteiger partial charge in [-0.15, -0.1) is 0 Å². The van der Waals surface area contributed by atoms with Crippen molar-refractivity contribution in [1.29, 1.82) is 0 Å². The zero-order chi connectivity index (χ0) is 14.4. The summed E-state index contributed by atoms with van der Waals surface area (Å²) >= 11 is 0. The van der Waals surface area contributed by atoms with Crippen LogP contribution < -0.4 is 10.6 Å². The molecule has 116 valence electrons. The molecule has 5 heteroatoms. The molecule has 0 aliphatic carbocycles. The maximum absolute atomic E-state index is 12.2. The maximum Gasteiger partial charge on any atom is 0.237 e. The quantitative estimate of drug-likeness (QED) is 0.752. The first kappa shape index (κ1) is 15.7. The molecule has 20 heavy (non-hydrogen) atoms. The van der Waals surface area contributed by atoms with E-state index in [4.69, 9.17) is 0 Å². The van der Waals surface area contributed by atoms with E-state index in [9.17, 15) is 4.79 Å². The Hall–Kier alpha value is -0.650. The van der Waals surface area contributed by atoms with E-state index >= 15 is 0 Å². The number of likely N-dealkylation sites (N-methyl/N-ethyl adjacent to an activating group) is 1. The van der Waals surface area contributed by atoms with Gasteiger partial charge in [-0.05, 0) is 32.4 Å². The van der Waals surface area contributed by atoms with E-state index in [0.717, 1.165) is 52.2 Å². The van der Waals surface area contributed by atoms with Crippen LogP contribution in [0.1, 0.15) is 26.2 Å². The van der Waals surface area contributed by atoms with Gasteiger partial charge in [-0.1, -0.05) is 13.3 Å². The Balaban J connectivity index is 1.62. The Morgan fingerprint density at radius 3 is 2.75 bits per heavy atom. The van der Waals surface area contributed by atoms with E-state index in [0.29, 0.717) is 5.92 Å². The molecule has 0 radical (unpaired) electrons. The Morgan fingerprint density at radius 2 is 2.05 bits per heavy atom. The van der Waals surface area contributed by atoms with Gasteiger partial charge in [-0.2, -0.15) is 0 Å². The number of nitrogens with one attached hydrogen (secondary N) is 2. The van der Waals surface area contributed by atoms with Crippen molar-refractivity contribution < 1.29 is 4.79 Å². The van der Waals surface area contributed by atoms with Gasteiger partial charge in [0.25, 0.3) is 0 Å². The summed E-state index contributed by atoms with van der Waals surface area (Å²) in [5, 5.41) is 6.44. The van der Waals surface area contributed by atoms with Gasteiger partial charge >= 0.3 is 0 Å². The maximum atomic E-state index is 12.2. The van der Waals surface area contributed by atoms with Crippen LogP contribution in [-0.4, -0.2) is 74.6 Å². The molecular weight excluding hydrogens is 252 g/mol. The van der Waals surface area contributed by atoms with Crippen molar-refractivity contribution in [1.82, 2.24) is 20.4 Å². The predicted octanol–water partition coefficient (Wildman–Crippen LogP) is 0.128. The Kier molecular flexibility index (Phi) is 6.26. The molecule has 2 N–H and O–H groups in total. The molecule has 1 amide bonds. The van der Waals surface area contributed by atoms with Crippen LogP contribution in [0.4, 0.5) is 0 Å². The summed E-state index contributed by atoms with van der Waals surface area (Å²) in [5.41, 5.74) is 0. The summed E-state index contributed by atoms with van der Waals surface area (Å²) in [6.45, 7) is 9.46. The molecule has 2 heterocycles. The molecule has 2 aliphatic rings. The largest absolute Gasteiger partial charge is 0.353 e. The average molecular weight is 282 g/mol. The molecule has 0 bridgehead atoms. The number of piperidine rings is 1. The lowest BCUT2D eigenvalue weighted by Crippen LogP contribution is -2.51. The van der Waals surface area contributed by atoms with Crippen molar-refractivity contribution in [2.75, 3.05) is 52.9 Å². The molecule has 2 atom stereocenters. The molecule has 2 saturated heterocycles. The van der Waals surface area contributed by atoms with Crippen LogP contribution in [0.3, 0.4) is 0 Å². The van der Waals surface area contributed by atoms with Crippen LogP contribution in [0, 0.1) is 5.92 Å². The first-order valence-electron chi connectivity index (χ1n) is 8.11. The van der Waals surface area contributed by atoms with Crippen molar-refractivity contribution in [3.05, 3.63) is 0 Å². The Morgan fingerprint density at radius 1 is 1.30 bits per heavy atom. The van der Waals surface area contributed by atoms with Crippen LogP contribution in [-0.2, 0) is 4.79 Å². The van der Waals surface area contributed by atoms with E-state index < -0.39 is 0 Å². The molecule has 0 saturated carbocycles. The third-order valence-corrected chi connectivity index (χ3v) is 4.73. The lowest BCUT2D eigenvalue weighted by Gasteiger charge is -2.32. The van der Waals surface area contributed by atoms with E-state index in [1.807, 2.05) is 0 Å². The number of nitrogens with zero attached hydrogens (tertiary/aromatic N) is 2. The molecule has 5 nitrogen and oxygen atoms in total. The highest BCUT2D eigenvalue weighted by Crippen LogP contribution is 2.19. The molecule has 2 unspecified atom stereocenters. The topological polar surface area (TPSA) is 47.6 Å². The van der Waals surface area contributed by atoms with Gasteiger partial charge in [0.2, 0.25) is 5.91 Å². The van der Waals surface area contributed by atoms with E-state index in [2.05, 4.69) is 34.4 Å². The summed E-state index contributed by atoms with van der Waals surface area (Å²) in [5.74, 6) is 0.905. The normalized spacial score (nSPS) is 29.3. The highest BCUT2D eigenvalue weighted by atomic mass is 16.2. The van der Waals surface area contributed by atoms with Crippen molar-refractivity contribution in [3.63, 3.8) is 0 Å². The van der Waals surface area contributed by atoms with Crippen LogP contribution in [0.15, 0.2) is 0 Å². The number of piperazine rings is 1. The summed E-state index contributed by atoms with van der Waals surface area (Å²) in [6, 6.07) is 0.0289. The van der Waals surface area contributed by atoms with Gasteiger partial charge in [0, 0.05) is 39.3 Å². The fraction of sp³-hybridized carbons (Fsp3) is 0.933. The number of rotatable bonds is 5. The monoisotopic (exact) mass is 282 g/mol. The molecular formula is C15H30N4O. The van der Waals surface area contributed by atoms with Crippen LogP contribution in [0.5, 0.6) is 0 Å². The van der Waals surface area contributed by atoms with Crippen molar-refractivity contribution >= 4 is 5.91 Å². The van der Waals surface area contributed by atoms with E-state index in [-0.39, 0.29) is 11.9 Å². The minimum absolute atomic E-state index is 0.0289. The second kappa shape index (κ2) is 7.96. The average Bonchev–Trinajstić information content (AvgIpc) is 2.49. The van der Waals surface area contributed by atoms with Crippen LogP contribution in [0.2, 0.25) is 0 Å². The minimum Gasteiger partial charge on any atom is -0.353 e. The number of hydrogen-bond donors (Lipinski definition) is 2. The molecule has 2 aliphatic heterocycles. The third kappa shape index (κ3) is 4.72. The number of amides is 1. The molecule has 2 fully saturated rings. The SMILES string of the molecule is CCC1CCNC(C(=O)NCCN2CCN(C)CC2)C1. The second-order valence-electron chi connectivity index (χ2n) is 6.24. The third-order valence-electron chi connectivity index (χ3n) is 4.73. The summed E-state index contributed by atoms with van der Waals surface area (Å²) in [7, 11) is 2.16. The smallest absolute Gasteiger partial charge is 0.237 e. The predicted molar refractivity (Wildman–Crippen MR) is 81.8 cm³/mol. The zero-order valence-electron chi connectivity index (χ0n) is 13.0. The highest BCUT2D eigenvalue weighted by molar-refractivity contribution is 5.81. The second-order valence-corrected chi connectivity index (χ2v) is 6.24. The summed E-state index contributed by atoms with van der Waals surface area (Å²) < 4.78 is 0. The van der Waals surface area contributed by atoms with E-state index in [1.165, 1.54) is 12.8 Å². The van der Waals surface area contributed by atoms with Crippen molar-refractivity contribution in [2.45, 2.75) is 32.2 Å². The van der Waals surface area contributed by atoms with Crippen molar-refractivity contribution in [2.24, 2.45) is 5.92 Å². The van der Waals surface area contributed by atoms with Gasteiger partial charge in [-0.25, -0.2) is 0 Å². The number of hydrogen-bond acceptors (Lipinski definition) is 4. The van der Waals surface area contributed by atoms with Crippen LogP contribution >= 0.6 is 0 Å². The Labute approximate surface area is 123 Å². The van der Waals surface area contributed by atoms with Gasteiger partial charge in [0.1, 0.15) is 0 Å². The van der Waals surface area contributed by atoms with Crippen LogP contribution in [0.25, 0.3) is 0 Å². The summed E-state index contributed by atoms with van der Waals surface area (Å²) in [4.78, 5) is 16.9. The lowest BCUT2D eigenvalue weighted by atomic mass is 9.90. The first-order chi connectivity index (χ1) is 9.69. The summed E-state index contributed by atoms with van der Waals surface area (Å²) in [6.07, 6.45) is 3.39. The zero-order valence-corrected chi connectivity index (χ0v) is 13.0. The fourth-order valence-corrected chi connectivity index (χ4v) is 3.10. The molecule has 0 aromatic carbocycles. The first-order valence-corrected chi connectivity index (χ1v) is 8.11. The molecule has 0 spiro atoms. The molecule has 0 aromatic rings. The van der Waals surface area contributed by atoms with Gasteiger partial charge < -0.3 is 15.5 Å². The lowest BCUT2D eigenvalue weighted by molar-refractivity contribution is -0.124. The van der Waals surface area contributed by atoms with Gasteiger partial charge in [0.05, 0.1) is 6.04 Å².